The van der Waals surface area contributed by atoms with Gasteiger partial charge in [0.15, 0.2) is 0 Å². The largest absolute Gasteiger partial charge is 0.380 e. The van der Waals surface area contributed by atoms with E-state index in [2.05, 4.69) is 18.6 Å². The Morgan fingerprint density at radius 3 is 2.67 bits per heavy atom. The minimum atomic E-state index is -3.78. The summed E-state index contributed by atoms with van der Waals surface area (Å²) in [5, 5.41) is 0. The average molecular weight is 318 g/mol. The van der Waals surface area contributed by atoms with Gasteiger partial charge in [0.1, 0.15) is 5.82 Å². The van der Waals surface area contributed by atoms with E-state index in [9.17, 15) is 12.8 Å². The molecular formula is C14H23FN2O3S. The summed E-state index contributed by atoms with van der Waals surface area (Å²) < 4.78 is 45.2. The van der Waals surface area contributed by atoms with Crippen LogP contribution in [0, 0.1) is 11.7 Å². The molecule has 0 aromatic heterocycles. The first-order valence-corrected chi connectivity index (χ1v) is 8.41. The predicted molar refractivity (Wildman–Crippen MR) is 79.8 cm³/mol. The molecule has 0 aliphatic rings. The van der Waals surface area contributed by atoms with Crippen molar-refractivity contribution in [1.82, 2.24) is 4.72 Å². The zero-order chi connectivity index (χ0) is 15.9. The molecule has 0 fully saturated rings. The van der Waals surface area contributed by atoms with E-state index >= 15 is 0 Å². The number of nitrogens with two attached hydrogens (primary N) is 1. The number of benzene rings is 1. The summed E-state index contributed by atoms with van der Waals surface area (Å²) in [6.45, 7) is 5.21. The van der Waals surface area contributed by atoms with E-state index in [-0.39, 0.29) is 24.6 Å². The Labute approximate surface area is 125 Å². The van der Waals surface area contributed by atoms with Crippen LogP contribution in [0.15, 0.2) is 23.1 Å². The molecule has 5 nitrogen and oxygen atoms in total. The Bertz CT molecular complexity index is 547. The topological polar surface area (TPSA) is 81.4 Å². The summed E-state index contributed by atoms with van der Waals surface area (Å²) in [5.74, 6) is -0.0677. The third-order valence-corrected chi connectivity index (χ3v) is 4.46. The summed E-state index contributed by atoms with van der Waals surface area (Å²) in [6, 6.07) is 3.55. The molecule has 0 atom stereocenters. The number of nitrogens with one attached hydrogen (secondary N) is 1. The fourth-order valence-corrected chi connectivity index (χ4v) is 2.97. The molecule has 0 spiro atoms. The molecule has 0 saturated carbocycles. The van der Waals surface area contributed by atoms with Crippen LogP contribution in [0.4, 0.5) is 4.39 Å². The van der Waals surface area contributed by atoms with Gasteiger partial charge >= 0.3 is 0 Å². The van der Waals surface area contributed by atoms with Gasteiger partial charge in [-0.25, -0.2) is 17.5 Å². The first kappa shape index (κ1) is 18.0. The lowest BCUT2D eigenvalue weighted by Gasteiger charge is -2.11. The predicted octanol–water partition coefficient (Wildman–Crippen LogP) is 1.63. The molecule has 3 N–H and O–H groups in total. The zero-order valence-corrected chi connectivity index (χ0v) is 13.2. The molecule has 1 rings (SSSR count). The molecule has 0 aliphatic heterocycles. The second-order valence-corrected chi connectivity index (χ2v) is 6.88. The number of halogens is 1. The van der Waals surface area contributed by atoms with Gasteiger partial charge < -0.3 is 10.5 Å². The molecule has 1 aromatic carbocycles. The molecule has 7 heteroatoms. The molecule has 120 valence electrons. The summed E-state index contributed by atoms with van der Waals surface area (Å²) in [5.41, 5.74) is 5.86. The first-order valence-electron chi connectivity index (χ1n) is 6.92. The van der Waals surface area contributed by atoms with Gasteiger partial charge in [-0.15, -0.1) is 0 Å². The number of rotatable bonds is 9. The van der Waals surface area contributed by atoms with Gasteiger partial charge in [0, 0.05) is 19.7 Å². The molecule has 0 amide bonds. The number of ether oxygens (including phenoxy) is 1. The average Bonchev–Trinajstić information content (AvgIpc) is 2.42. The Kier molecular flexibility index (Phi) is 7.24. The van der Waals surface area contributed by atoms with Crippen molar-refractivity contribution in [3.63, 3.8) is 0 Å². The molecule has 0 heterocycles. The molecular weight excluding hydrogens is 295 g/mol. The quantitative estimate of drug-likeness (QED) is 0.678. The van der Waals surface area contributed by atoms with Crippen LogP contribution in [-0.4, -0.2) is 28.2 Å². The fraction of sp³-hybridized carbons (Fsp3) is 0.571. The number of sulfonamides is 1. The number of hydrogen-bond acceptors (Lipinski definition) is 4. The van der Waals surface area contributed by atoms with E-state index in [4.69, 9.17) is 10.5 Å². The lowest BCUT2D eigenvalue weighted by molar-refractivity contribution is 0.128. The van der Waals surface area contributed by atoms with E-state index in [1.54, 1.807) is 0 Å². The van der Waals surface area contributed by atoms with Crippen LogP contribution in [0.5, 0.6) is 0 Å². The first-order chi connectivity index (χ1) is 9.86. The minimum Gasteiger partial charge on any atom is -0.380 e. The minimum absolute atomic E-state index is 0.0292. The Hall–Kier alpha value is -1.02. The zero-order valence-electron chi connectivity index (χ0n) is 12.4. The normalized spacial score (nSPS) is 12.0. The lowest BCUT2D eigenvalue weighted by atomic mass is 10.1. The molecule has 21 heavy (non-hydrogen) atoms. The molecule has 0 saturated heterocycles. The van der Waals surface area contributed by atoms with E-state index < -0.39 is 15.8 Å². The van der Waals surface area contributed by atoms with Crippen LogP contribution in [0.25, 0.3) is 0 Å². The van der Waals surface area contributed by atoms with Crippen molar-refractivity contribution >= 4 is 10.0 Å². The maximum absolute atomic E-state index is 13.2. The van der Waals surface area contributed by atoms with Crippen LogP contribution in [0.3, 0.4) is 0 Å². The monoisotopic (exact) mass is 318 g/mol. The molecule has 0 aliphatic carbocycles. The second kappa shape index (κ2) is 8.43. The van der Waals surface area contributed by atoms with Crippen LogP contribution in [-0.2, 0) is 21.3 Å². The summed E-state index contributed by atoms with van der Waals surface area (Å²) in [6.07, 6.45) is 0.925. The van der Waals surface area contributed by atoms with Crippen LogP contribution in [0.1, 0.15) is 25.8 Å². The summed E-state index contributed by atoms with van der Waals surface area (Å²) in [7, 11) is -3.78. The van der Waals surface area contributed by atoms with Crippen molar-refractivity contribution in [3.8, 4) is 0 Å². The van der Waals surface area contributed by atoms with Gasteiger partial charge in [-0.3, -0.25) is 0 Å². The standard InChI is InChI=1S/C14H23FN2O3S/c1-11(2)5-7-20-8-6-17-21(18,19)14-9-13(15)4-3-12(14)10-16/h3-4,9,11,17H,5-8,10,16H2,1-2H3. The smallest absolute Gasteiger partial charge is 0.241 e. The Morgan fingerprint density at radius 2 is 2.05 bits per heavy atom. The SMILES string of the molecule is CC(C)CCOCCNS(=O)(=O)c1cc(F)ccc1CN. The van der Waals surface area contributed by atoms with Crippen molar-refractivity contribution < 1.29 is 17.5 Å². The highest BCUT2D eigenvalue weighted by molar-refractivity contribution is 7.89. The molecule has 0 bridgehead atoms. The van der Waals surface area contributed by atoms with E-state index in [0.29, 0.717) is 18.1 Å². The van der Waals surface area contributed by atoms with Gasteiger partial charge in [-0.2, -0.15) is 0 Å². The molecule has 1 aromatic rings. The van der Waals surface area contributed by atoms with E-state index in [1.165, 1.54) is 12.1 Å². The third kappa shape index (κ3) is 6.09. The van der Waals surface area contributed by atoms with Crippen LogP contribution in [0.2, 0.25) is 0 Å². The van der Waals surface area contributed by atoms with Crippen LogP contribution >= 0.6 is 0 Å². The Balaban J connectivity index is 2.56. The van der Waals surface area contributed by atoms with Crippen molar-refractivity contribution in [2.24, 2.45) is 11.7 Å². The van der Waals surface area contributed by atoms with Gasteiger partial charge in [0.25, 0.3) is 0 Å². The van der Waals surface area contributed by atoms with Gasteiger partial charge in [0.05, 0.1) is 11.5 Å². The summed E-state index contributed by atoms with van der Waals surface area (Å²) >= 11 is 0. The Morgan fingerprint density at radius 1 is 1.33 bits per heavy atom. The molecule has 0 unspecified atom stereocenters. The molecule has 0 radical (unpaired) electrons. The number of hydrogen-bond donors (Lipinski definition) is 2. The van der Waals surface area contributed by atoms with Crippen molar-refractivity contribution in [2.75, 3.05) is 19.8 Å². The third-order valence-electron chi connectivity index (χ3n) is 2.92. The van der Waals surface area contributed by atoms with Crippen molar-refractivity contribution in [1.29, 1.82) is 0 Å². The van der Waals surface area contributed by atoms with Gasteiger partial charge in [-0.05, 0) is 30.0 Å². The van der Waals surface area contributed by atoms with Gasteiger partial charge in [0.2, 0.25) is 10.0 Å². The van der Waals surface area contributed by atoms with Crippen LogP contribution < -0.4 is 10.5 Å². The van der Waals surface area contributed by atoms with E-state index in [1.807, 2.05) is 0 Å². The fourth-order valence-electron chi connectivity index (χ4n) is 1.69. The van der Waals surface area contributed by atoms with Crippen molar-refractivity contribution in [2.45, 2.75) is 31.7 Å². The van der Waals surface area contributed by atoms with E-state index in [0.717, 1.165) is 12.5 Å². The van der Waals surface area contributed by atoms with Gasteiger partial charge in [-0.1, -0.05) is 19.9 Å². The highest BCUT2D eigenvalue weighted by Crippen LogP contribution is 2.16. The lowest BCUT2D eigenvalue weighted by Crippen LogP contribution is -2.29. The maximum Gasteiger partial charge on any atom is 0.241 e. The second-order valence-electron chi connectivity index (χ2n) is 5.15. The highest BCUT2D eigenvalue weighted by Gasteiger charge is 2.18. The maximum atomic E-state index is 13.2. The van der Waals surface area contributed by atoms with Crippen molar-refractivity contribution in [3.05, 3.63) is 29.6 Å². The highest BCUT2D eigenvalue weighted by atomic mass is 32.2. The summed E-state index contributed by atoms with van der Waals surface area (Å²) in [4.78, 5) is -0.118.